The first kappa shape index (κ1) is 72.1. The molecule has 6 nitrogen and oxygen atoms in total. The minimum absolute atomic E-state index is 0.0909. The molecule has 1 atom stereocenters. The van der Waals surface area contributed by atoms with Crippen LogP contribution in [0, 0.1) is 0 Å². The summed E-state index contributed by atoms with van der Waals surface area (Å²) in [4.78, 5) is 38.4. The number of allylic oxidation sites excluding steroid dienone is 18. The lowest BCUT2D eigenvalue weighted by Gasteiger charge is -2.18. The van der Waals surface area contributed by atoms with E-state index >= 15 is 0 Å². The van der Waals surface area contributed by atoms with Crippen LogP contribution >= 0.6 is 0 Å². The highest BCUT2D eigenvalue weighted by molar-refractivity contribution is 5.71. The van der Waals surface area contributed by atoms with Gasteiger partial charge in [-0.15, -0.1) is 0 Å². The van der Waals surface area contributed by atoms with Crippen molar-refractivity contribution in [3.8, 4) is 0 Å². The van der Waals surface area contributed by atoms with Crippen LogP contribution in [-0.2, 0) is 28.6 Å². The highest BCUT2D eigenvalue weighted by Gasteiger charge is 2.19. The lowest BCUT2D eigenvalue weighted by Crippen LogP contribution is -2.30. The molecule has 0 spiro atoms. The predicted molar refractivity (Wildman–Crippen MR) is 330 cm³/mol. The smallest absolute Gasteiger partial charge is 0.306 e. The van der Waals surface area contributed by atoms with E-state index in [2.05, 4.69) is 130 Å². The molecule has 1 unspecified atom stereocenters. The SMILES string of the molecule is CC/C=C\C/C=C\C/C=C\C/C=C\CCCCCCCCCCC(=O)OCC(COC(=O)CCCCCCCCC/C=C\C/C=C\CCCCCC)OC(=O)CCCCCCCC/C=C\C/C=C\C/C=C\CCCCC. The number of ether oxygens (including phenoxy) is 3. The van der Waals surface area contributed by atoms with E-state index < -0.39 is 6.10 Å². The second-order valence-electron chi connectivity index (χ2n) is 20.9. The fourth-order valence-corrected chi connectivity index (χ4v) is 8.71. The van der Waals surface area contributed by atoms with Crippen LogP contribution in [0.25, 0.3) is 0 Å². The summed E-state index contributed by atoms with van der Waals surface area (Å²) in [5.74, 6) is -0.912. The van der Waals surface area contributed by atoms with Crippen molar-refractivity contribution < 1.29 is 28.6 Å². The predicted octanol–water partition coefficient (Wildman–Crippen LogP) is 21.8. The maximum absolute atomic E-state index is 12.9. The molecule has 0 aliphatic carbocycles. The largest absolute Gasteiger partial charge is 0.462 e. The number of carbonyl (C=O) groups excluding carboxylic acids is 3. The molecular weight excluding hydrogens is 937 g/mol. The van der Waals surface area contributed by atoms with E-state index in [1.807, 2.05) is 0 Å². The number of unbranched alkanes of at least 4 members (excludes halogenated alkanes) is 28. The Morgan fingerprint density at radius 1 is 0.276 bits per heavy atom. The molecule has 0 fully saturated rings. The summed E-state index contributed by atoms with van der Waals surface area (Å²) in [6.07, 6.45) is 86.5. The molecule has 0 N–H and O–H groups in total. The molecule has 0 amide bonds. The third-order valence-electron chi connectivity index (χ3n) is 13.5. The molecule has 0 rings (SSSR count). The van der Waals surface area contributed by atoms with Gasteiger partial charge in [0.15, 0.2) is 6.10 Å². The Morgan fingerprint density at radius 2 is 0.513 bits per heavy atom. The van der Waals surface area contributed by atoms with Gasteiger partial charge in [0, 0.05) is 19.3 Å². The number of rotatable bonds is 57. The quantitative estimate of drug-likeness (QED) is 0.0261. The normalized spacial score (nSPS) is 12.8. The van der Waals surface area contributed by atoms with E-state index in [1.165, 1.54) is 128 Å². The Balaban J connectivity index is 4.44. The van der Waals surface area contributed by atoms with Crippen molar-refractivity contribution in [2.45, 2.75) is 303 Å². The molecule has 434 valence electrons. The van der Waals surface area contributed by atoms with Crippen LogP contribution in [0.2, 0.25) is 0 Å². The number of carbonyl (C=O) groups is 3. The van der Waals surface area contributed by atoms with Crippen molar-refractivity contribution in [1.29, 1.82) is 0 Å². The highest BCUT2D eigenvalue weighted by atomic mass is 16.6. The van der Waals surface area contributed by atoms with Gasteiger partial charge in [-0.25, -0.2) is 0 Å². The van der Waals surface area contributed by atoms with E-state index in [1.54, 1.807) is 0 Å². The minimum Gasteiger partial charge on any atom is -0.462 e. The summed E-state index contributed by atoms with van der Waals surface area (Å²) in [6, 6.07) is 0. The van der Waals surface area contributed by atoms with Crippen molar-refractivity contribution in [2.24, 2.45) is 0 Å². The van der Waals surface area contributed by atoms with Crippen LogP contribution in [0.3, 0.4) is 0 Å². The number of esters is 3. The minimum atomic E-state index is -0.796. The Kier molecular flexibility index (Phi) is 60.3. The molecule has 0 saturated heterocycles. The third-order valence-corrected chi connectivity index (χ3v) is 13.5. The first-order valence-electron chi connectivity index (χ1n) is 31.9. The number of hydrogen-bond donors (Lipinski definition) is 0. The van der Waals surface area contributed by atoms with Crippen molar-refractivity contribution >= 4 is 17.9 Å². The third kappa shape index (κ3) is 60.9. The lowest BCUT2D eigenvalue weighted by atomic mass is 10.1. The second-order valence-corrected chi connectivity index (χ2v) is 20.9. The van der Waals surface area contributed by atoms with Crippen molar-refractivity contribution in [1.82, 2.24) is 0 Å². The molecule has 6 heteroatoms. The maximum Gasteiger partial charge on any atom is 0.306 e. The molecule has 0 bridgehead atoms. The van der Waals surface area contributed by atoms with Gasteiger partial charge < -0.3 is 14.2 Å². The lowest BCUT2D eigenvalue weighted by molar-refractivity contribution is -0.167. The van der Waals surface area contributed by atoms with Gasteiger partial charge in [-0.1, -0.05) is 259 Å². The van der Waals surface area contributed by atoms with Crippen LogP contribution in [-0.4, -0.2) is 37.2 Å². The standard InChI is InChI=1S/C70H118O6/c1-4-7-10-13-16-19-22-25-28-31-34-35-37-39-42-45-48-51-54-57-60-63-69(72)75-66-67(65-74-68(71)62-59-56-53-50-47-44-41-38-33-30-27-24-21-18-15-12-9-6-3)76-70(73)64-61-58-55-52-49-46-43-40-36-32-29-26-23-20-17-14-11-8-5-2/h7,10,16-17,19-21,24-26,28-30,33-36,40,67H,4-6,8-9,11-15,18,22-23,27,31-32,37-39,41-66H2,1-3H3/b10-7-,19-16-,20-17-,24-21-,28-25-,29-26-,33-30-,35-34-,40-36-. The fraction of sp³-hybridized carbons (Fsp3) is 0.700. The molecule has 76 heavy (non-hydrogen) atoms. The summed E-state index contributed by atoms with van der Waals surface area (Å²) in [5.41, 5.74) is 0. The molecule has 0 aromatic carbocycles. The van der Waals surface area contributed by atoms with Gasteiger partial charge in [-0.2, -0.15) is 0 Å². The van der Waals surface area contributed by atoms with Crippen molar-refractivity contribution in [3.63, 3.8) is 0 Å². The van der Waals surface area contributed by atoms with E-state index in [0.29, 0.717) is 19.3 Å². The molecule has 0 saturated carbocycles. The molecular formula is C70H118O6. The van der Waals surface area contributed by atoms with Gasteiger partial charge in [-0.05, 0) is 128 Å². The molecule has 0 aliphatic rings. The Morgan fingerprint density at radius 3 is 0.829 bits per heavy atom. The van der Waals surface area contributed by atoms with E-state index in [0.717, 1.165) is 128 Å². The fourth-order valence-electron chi connectivity index (χ4n) is 8.71. The van der Waals surface area contributed by atoms with Crippen molar-refractivity contribution in [3.05, 3.63) is 109 Å². The van der Waals surface area contributed by atoms with Gasteiger partial charge >= 0.3 is 17.9 Å². The summed E-state index contributed by atoms with van der Waals surface area (Å²) < 4.78 is 16.9. The van der Waals surface area contributed by atoms with Gasteiger partial charge in [0.1, 0.15) is 13.2 Å². The van der Waals surface area contributed by atoms with Crippen LogP contribution in [0.15, 0.2) is 109 Å². The van der Waals surface area contributed by atoms with Crippen molar-refractivity contribution in [2.75, 3.05) is 13.2 Å². The molecule has 0 aromatic rings. The van der Waals surface area contributed by atoms with Gasteiger partial charge in [0.25, 0.3) is 0 Å². The van der Waals surface area contributed by atoms with Crippen LogP contribution in [0.5, 0.6) is 0 Å². The van der Waals surface area contributed by atoms with E-state index in [4.69, 9.17) is 14.2 Å². The molecule has 0 aliphatic heterocycles. The van der Waals surface area contributed by atoms with Gasteiger partial charge in [0.05, 0.1) is 0 Å². The van der Waals surface area contributed by atoms with Crippen LogP contribution < -0.4 is 0 Å². The zero-order valence-electron chi connectivity index (χ0n) is 49.7. The first-order valence-corrected chi connectivity index (χ1v) is 31.9. The average molecular weight is 1060 g/mol. The van der Waals surface area contributed by atoms with Gasteiger partial charge in [0.2, 0.25) is 0 Å². The Hall–Kier alpha value is -3.93. The maximum atomic E-state index is 12.9. The summed E-state index contributed by atoms with van der Waals surface area (Å²) >= 11 is 0. The van der Waals surface area contributed by atoms with Crippen LogP contribution in [0.4, 0.5) is 0 Å². The van der Waals surface area contributed by atoms with Gasteiger partial charge in [-0.3, -0.25) is 14.4 Å². The van der Waals surface area contributed by atoms with Crippen LogP contribution in [0.1, 0.15) is 297 Å². The second kappa shape index (κ2) is 63.6. The zero-order valence-corrected chi connectivity index (χ0v) is 49.7. The molecule has 0 aromatic heterocycles. The molecule has 0 radical (unpaired) electrons. The Labute approximate surface area is 470 Å². The monoisotopic (exact) mass is 1050 g/mol. The summed E-state index contributed by atoms with van der Waals surface area (Å²) in [5, 5.41) is 0. The zero-order chi connectivity index (χ0) is 55.0. The Bertz CT molecular complexity index is 1540. The molecule has 0 heterocycles. The first-order chi connectivity index (χ1) is 37.5. The van der Waals surface area contributed by atoms with E-state index in [9.17, 15) is 14.4 Å². The summed E-state index contributed by atoms with van der Waals surface area (Å²) in [6.45, 7) is 6.48. The number of hydrogen-bond acceptors (Lipinski definition) is 6. The average Bonchev–Trinajstić information content (AvgIpc) is 3.42. The van der Waals surface area contributed by atoms with E-state index in [-0.39, 0.29) is 31.1 Å². The highest BCUT2D eigenvalue weighted by Crippen LogP contribution is 2.15. The topological polar surface area (TPSA) is 78.9 Å². The summed E-state index contributed by atoms with van der Waals surface area (Å²) in [7, 11) is 0.